The Hall–Kier alpha value is -2.50. The molecular weight excluding hydrogens is 254 g/mol. The van der Waals surface area contributed by atoms with E-state index in [0.717, 1.165) is 11.3 Å². The van der Waals surface area contributed by atoms with Gasteiger partial charge in [0.25, 0.3) is 5.91 Å². The summed E-state index contributed by atoms with van der Waals surface area (Å²) >= 11 is 0. The molecule has 1 amide bonds. The van der Waals surface area contributed by atoms with Crippen LogP contribution in [0.3, 0.4) is 0 Å². The van der Waals surface area contributed by atoms with Gasteiger partial charge in [-0.25, -0.2) is 0 Å². The number of pyridine rings is 1. The molecule has 0 aliphatic rings. The number of nitrogens with one attached hydrogen (secondary N) is 2. The standard InChI is InChI=1S/C14H17N5O/c1-3-15-14(20)11-6-7-13(19-18-11)17-9-12-10(2)5-4-8-16-12/h4-8H,3,9H2,1-2H3,(H,15,20)(H,17,19). The van der Waals surface area contributed by atoms with Crippen molar-refractivity contribution in [2.24, 2.45) is 0 Å². The highest BCUT2D eigenvalue weighted by molar-refractivity contribution is 5.92. The van der Waals surface area contributed by atoms with Crippen LogP contribution in [-0.4, -0.2) is 27.6 Å². The van der Waals surface area contributed by atoms with Gasteiger partial charge in [0, 0.05) is 12.7 Å². The molecule has 0 unspecified atom stereocenters. The molecule has 0 radical (unpaired) electrons. The van der Waals surface area contributed by atoms with Crippen LogP contribution in [0, 0.1) is 6.92 Å². The Morgan fingerprint density at radius 2 is 2.10 bits per heavy atom. The van der Waals surface area contributed by atoms with Gasteiger partial charge in [0.1, 0.15) is 5.82 Å². The highest BCUT2D eigenvalue weighted by Gasteiger charge is 2.06. The van der Waals surface area contributed by atoms with Crippen molar-refractivity contribution < 1.29 is 4.79 Å². The lowest BCUT2D eigenvalue weighted by molar-refractivity contribution is 0.0950. The quantitative estimate of drug-likeness (QED) is 0.862. The zero-order chi connectivity index (χ0) is 14.4. The third kappa shape index (κ3) is 3.50. The second kappa shape index (κ2) is 6.60. The molecule has 104 valence electrons. The first-order chi connectivity index (χ1) is 9.70. The predicted octanol–water partition coefficient (Wildman–Crippen LogP) is 1.54. The molecule has 6 nitrogen and oxygen atoms in total. The van der Waals surface area contributed by atoms with Crippen LogP contribution in [0.15, 0.2) is 30.5 Å². The van der Waals surface area contributed by atoms with Gasteiger partial charge in [0.2, 0.25) is 0 Å². The van der Waals surface area contributed by atoms with Crippen molar-refractivity contribution >= 4 is 11.7 Å². The number of nitrogens with zero attached hydrogens (tertiary/aromatic N) is 3. The Balaban J connectivity index is 1.98. The summed E-state index contributed by atoms with van der Waals surface area (Å²) in [4.78, 5) is 15.8. The maximum absolute atomic E-state index is 11.5. The lowest BCUT2D eigenvalue weighted by Gasteiger charge is -2.07. The van der Waals surface area contributed by atoms with Gasteiger partial charge >= 0.3 is 0 Å². The molecule has 0 fully saturated rings. The number of amides is 1. The minimum Gasteiger partial charge on any atom is -0.363 e. The average Bonchev–Trinajstić information content (AvgIpc) is 2.47. The summed E-state index contributed by atoms with van der Waals surface area (Å²) in [6.07, 6.45) is 1.76. The monoisotopic (exact) mass is 271 g/mol. The molecule has 20 heavy (non-hydrogen) atoms. The molecule has 2 N–H and O–H groups in total. The van der Waals surface area contributed by atoms with Gasteiger partial charge in [-0.05, 0) is 37.6 Å². The Morgan fingerprint density at radius 1 is 1.25 bits per heavy atom. The van der Waals surface area contributed by atoms with Crippen LogP contribution in [0.25, 0.3) is 0 Å². The van der Waals surface area contributed by atoms with Crippen LogP contribution in [-0.2, 0) is 6.54 Å². The summed E-state index contributed by atoms with van der Waals surface area (Å²) in [7, 11) is 0. The molecule has 2 aromatic rings. The summed E-state index contributed by atoms with van der Waals surface area (Å²) < 4.78 is 0. The molecule has 0 spiro atoms. The van der Waals surface area contributed by atoms with E-state index in [2.05, 4.69) is 25.8 Å². The fraction of sp³-hybridized carbons (Fsp3) is 0.286. The third-order valence-corrected chi connectivity index (χ3v) is 2.79. The van der Waals surface area contributed by atoms with Crippen LogP contribution >= 0.6 is 0 Å². The molecule has 2 aromatic heterocycles. The highest BCUT2D eigenvalue weighted by atomic mass is 16.1. The molecule has 0 saturated heterocycles. The van der Waals surface area contributed by atoms with Crippen LogP contribution in [0.2, 0.25) is 0 Å². The van der Waals surface area contributed by atoms with E-state index >= 15 is 0 Å². The molecule has 0 aliphatic carbocycles. The van der Waals surface area contributed by atoms with Crippen molar-refractivity contribution in [1.29, 1.82) is 0 Å². The molecule has 0 bridgehead atoms. The van der Waals surface area contributed by atoms with Gasteiger partial charge < -0.3 is 10.6 Å². The van der Waals surface area contributed by atoms with Gasteiger partial charge in [-0.2, -0.15) is 0 Å². The lowest BCUT2D eigenvalue weighted by atomic mass is 10.2. The minimum atomic E-state index is -0.216. The second-order valence-electron chi connectivity index (χ2n) is 4.28. The molecule has 0 aliphatic heterocycles. The molecule has 0 aromatic carbocycles. The van der Waals surface area contributed by atoms with Gasteiger partial charge in [-0.1, -0.05) is 6.07 Å². The van der Waals surface area contributed by atoms with Crippen LogP contribution in [0.4, 0.5) is 5.82 Å². The Bertz CT molecular complexity index is 582. The number of rotatable bonds is 5. The predicted molar refractivity (Wildman–Crippen MR) is 76.3 cm³/mol. The van der Waals surface area contributed by atoms with Crippen molar-refractivity contribution in [1.82, 2.24) is 20.5 Å². The molecular formula is C14H17N5O. The van der Waals surface area contributed by atoms with Crippen molar-refractivity contribution in [2.45, 2.75) is 20.4 Å². The Labute approximate surface area is 117 Å². The van der Waals surface area contributed by atoms with E-state index in [4.69, 9.17) is 0 Å². The van der Waals surface area contributed by atoms with Gasteiger partial charge in [-0.15, -0.1) is 10.2 Å². The first-order valence-corrected chi connectivity index (χ1v) is 6.47. The average molecular weight is 271 g/mol. The summed E-state index contributed by atoms with van der Waals surface area (Å²) in [6, 6.07) is 7.29. The van der Waals surface area contributed by atoms with E-state index in [-0.39, 0.29) is 5.91 Å². The summed E-state index contributed by atoms with van der Waals surface area (Å²) in [5.74, 6) is 0.398. The Morgan fingerprint density at radius 3 is 2.75 bits per heavy atom. The number of hydrogen-bond acceptors (Lipinski definition) is 5. The van der Waals surface area contributed by atoms with E-state index < -0.39 is 0 Å². The molecule has 0 saturated carbocycles. The number of aromatic nitrogens is 3. The summed E-state index contributed by atoms with van der Waals surface area (Å²) in [5.41, 5.74) is 2.39. The van der Waals surface area contributed by atoms with E-state index in [1.54, 1.807) is 18.3 Å². The summed E-state index contributed by atoms with van der Waals surface area (Å²) in [5, 5.41) is 13.7. The van der Waals surface area contributed by atoms with Gasteiger partial charge in [0.15, 0.2) is 5.69 Å². The number of hydrogen-bond donors (Lipinski definition) is 2. The normalized spacial score (nSPS) is 10.1. The first kappa shape index (κ1) is 13.9. The number of carbonyl (C=O) groups is 1. The lowest BCUT2D eigenvalue weighted by Crippen LogP contribution is -2.24. The van der Waals surface area contributed by atoms with E-state index in [9.17, 15) is 4.79 Å². The number of anilines is 1. The maximum atomic E-state index is 11.5. The first-order valence-electron chi connectivity index (χ1n) is 6.47. The molecule has 0 atom stereocenters. The van der Waals surface area contributed by atoms with Crippen molar-refractivity contribution in [3.8, 4) is 0 Å². The fourth-order valence-electron chi connectivity index (χ4n) is 1.68. The second-order valence-corrected chi connectivity index (χ2v) is 4.28. The topological polar surface area (TPSA) is 79.8 Å². The smallest absolute Gasteiger partial charge is 0.271 e. The molecule has 2 rings (SSSR count). The minimum absolute atomic E-state index is 0.216. The van der Waals surface area contributed by atoms with Gasteiger partial charge in [-0.3, -0.25) is 9.78 Å². The van der Waals surface area contributed by atoms with Gasteiger partial charge in [0.05, 0.1) is 12.2 Å². The van der Waals surface area contributed by atoms with E-state index in [0.29, 0.717) is 24.6 Å². The van der Waals surface area contributed by atoms with Crippen molar-refractivity contribution in [2.75, 3.05) is 11.9 Å². The van der Waals surface area contributed by atoms with Crippen LogP contribution < -0.4 is 10.6 Å². The van der Waals surface area contributed by atoms with E-state index in [1.807, 2.05) is 26.0 Å². The largest absolute Gasteiger partial charge is 0.363 e. The van der Waals surface area contributed by atoms with Crippen molar-refractivity contribution in [3.63, 3.8) is 0 Å². The number of aryl methyl sites for hydroxylation is 1. The number of carbonyl (C=O) groups excluding carboxylic acids is 1. The molecule has 6 heteroatoms. The maximum Gasteiger partial charge on any atom is 0.271 e. The Kier molecular flexibility index (Phi) is 4.60. The SMILES string of the molecule is CCNC(=O)c1ccc(NCc2ncccc2C)nn1. The fourth-order valence-corrected chi connectivity index (χ4v) is 1.68. The van der Waals surface area contributed by atoms with Crippen LogP contribution in [0.5, 0.6) is 0 Å². The third-order valence-electron chi connectivity index (χ3n) is 2.79. The van der Waals surface area contributed by atoms with Crippen molar-refractivity contribution in [3.05, 3.63) is 47.4 Å². The molecule has 2 heterocycles. The van der Waals surface area contributed by atoms with E-state index in [1.165, 1.54) is 0 Å². The zero-order valence-electron chi connectivity index (χ0n) is 11.6. The zero-order valence-corrected chi connectivity index (χ0v) is 11.6. The summed E-state index contributed by atoms with van der Waals surface area (Å²) in [6.45, 7) is 5.01. The highest BCUT2D eigenvalue weighted by Crippen LogP contribution is 2.07. The van der Waals surface area contributed by atoms with Crippen LogP contribution in [0.1, 0.15) is 28.7 Å².